The lowest BCUT2D eigenvalue weighted by molar-refractivity contribution is -0.157. The van der Waals surface area contributed by atoms with Crippen LogP contribution >= 0.6 is 0 Å². The molecule has 0 unspecified atom stereocenters. The summed E-state index contributed by atoms with van der Waals surface area (Å²) in [6.07, 6.45) is -6.74. The van der Waals surface area contributed by atoms with Crippen molar-refractivity contribution in [1.82, 2.24) is 5.32 Å². The first-order valence-electron chi connectivity index (χ1n) is 3.96. The second kappa shape index (κ2) is 5.54. The van der Waals surface area contributed by atoms with E-state index < -0.39 is 37.1 Å². The number of hydrogen-bond donors (Lipinski definition) is 3. The number of halogens is 3. The van der Waals surface area contributed by atoms with E-state index in [-0.39, 0.29) is 6.42 Å². The molecule has 0 rings (SSSR count). The lowest BCUT2D eigenvalue weighted by Crippen LogP contribution is -2.42. The number of aliphatic hydroxyl groups excluding tert-OH is 1. The van der Waals surface area contributed by atoms with Crippen molar-refractivity contribution in [2.45, 2.75) is 25.1 Å². The van der Waals surface area contributed by atoms with Crippen molar-refractivity contribution < 1.29 is 33.0 Å². The van der Waals surface area contributed by atoms with Crippen LogP contribution in [-0.2, 0) is 9.59 Å². The summed E-state index contributed by atoms with van der Waals surface area (Å²) in [6.45, 7) is -0.538. The highest BCUT2D eigenvalue weighted by Gasteiger charge is 2.32. The Hall–Kier alpha value is -1.31. The molecule has 0 aromatic carbocycles. The molecule has 0 heterocycles. The monoisotopic (exact) mass is 229 g/mol. The quantitative estimate of drug-likeness (QED) is 0.614. The van der Waals surface area contributed by atoms with E-state index in [0.29, 0.717) is 0 Å². The van der Waals surface area contributed by atoms with E-state index in [1.807, 2.05) is 0 Å². The van der Waals surface area contributed by atoms with Crippen LogP contribution in [-0.4, -0.2) is 40.9 Å². The Morgan fingerprint density at radius 3 is 2.20 bits per heavy atom. The maximum absolute atomic E-state index is 11.7. The Morgan fingerprint density at radius 1 is 1.33 bits per heavy atom. The summed E-state index contributed by atoms with van der Waals surface area (Å²) < 4.78 is 35.1. The Bertz CT molecular complexity index is 241. The molecule has 3 N–H and O–H groups in total. The fourth-order valence-electron chi connectivity index (χ4n) is 0.814. The largest absolute Gasteiger partial charge is 0.480 e. The zero-order valence-electron chi connectivity index (χ0n) is 7.54. The van der Waals surface area contributed by atoms with Gasteiger partial charge >= 0.3 is 12.1 Å². The number of aliphatic hydroxyl groups is 1. The van der Waals surface area contributed by atoms with Crippen molar-refractivity contribution in [2.75, 3.05) is 6.61 Å². The Morgan fingerprint density at radius 2 is 1.87 bits per heavy atom. The Balaban J connectivity index is 4.18. The third kappa shape index (κ3) is 6.72. The summed E-state index contributed by atoms with van der Waals surface area (Å²) >= 11 is 0. The molecule has 0 fully saturated rings. The average Bonchev–Trinajstić information content (AvgIpc) is 1.99. The van der Waals surface area contributed by atoms with Crippen molar-refractivity contribution in [3.8, 4) is 0 Å². The number of hydrogen-bond acceptors (Lipinski definition) is 3. The first-order valence-corrected chi connectivity index (χ1v) is 3.96. The summed E-state index contributed by atoms with van der Waals surface area (Å²) in [4.78, 5) is 21.1. The van der Waals surface area contributed by atoms with Gasteiger partial charge < -0.3 is 15.5 Å². The topological polar surface area (TPSA) is 86.6 Å². The second-order valence-corrected chi connectivity index (χ2v) is 2.76. The molecule has 0 aromatic rings. The minimum absolute atomic E-state index is 0.334. The van der Waals surface area contributed by atoms with Crippen molar-refractivity contribution in [1.29, 1.82) is 0 Å². The number of carbonyl (C=O) groups is 2. The summed E-state index contributed by atoms with van der Waals surface area (Å²) in [5.41, 5.74) is 0. The number of alkyl halides is 3. The summed E-state index contributed by atoms with van der Waals surface area (Å²) in [5, 5.41) is 18.5. The molecule has 1 atom stereocenters. The zero-order valence-corrected chi connectivity index (χ0v) is 7.54. The van der Waals surface area contributed by atoms with E-state index in [9.17, 15) is 22.8 Å². The van der Waals surface area contributed by atoms with Crippen LogP contribution in [0.4, 0.5) is 13.2 Å². The number of nitrogens with one attached hydrogen (secondary N) is 1. The molecule has 88 valence electrons. The third-order valence-electron chi connectivity index (χ3n) is 1.41. The highest BCUT2D eigenvalue weighted by Crippen LogP contribution is 2.19. The van der Waals surface area contributed by atoms with Gasteiger partial charge in [-0.05, 0) is 0 Å². The molecule has 1 amide bonds. The van der Waals surface area contributed by atoms with Crippen molar-refractivity contribution >= 4 is 11.9 Å². The van der Waals surface area contributed by atoms with Gasteiger partial charge in [-0.25, -0.2) is 4.79 Å². The summed E-state index contributed by atoms with van der Waals surface area (Å²) in [6, 6.07) is -1.50. The fourth-order valence-corrected chi connectivity index (χ4v) is 0.814. The molecular formula is C7H10F3NO4. The van der Waals surface area contributed by atoms with Gasteiger partial charge in [0.05, 0.1) is 0 Å². The molecule has 0 bridgehead atoms. The number of rotatable bonds is 5. The van der Waals surface area contributed by atoms with Crippen LogP contribution in [0, 0.1) is 0 Å². The van der Waals surface area contributed by atoms with Crippen LogP contribution in [0.2, 0.25) is 0 Å². The molecule has 15 heavy (non-hydrogen) atoms. The molecule has 8 heteroatoms. The molecule has 5 nitrogen and oxygen atoms in total. The molecule has 0 radical (unpaired) electrons. The third-order valence-corrected chi connectivity index (χ3v) is 1.41. The predicted octanol–water partition coefficient (Wildman–Crippen LogP) is -0.109. The van der Waals surface area contributed by atoms with Crippen LogP contribution < -0.4 is 5.32 Å². The van der Waals surface area contributed by atoms with Gasteiger partial charge in [0.2, 0.25) is 5.91 Å². The molecule has 0 aliphatic rings. The highest BCUT2D eigenvalue weighted by atomic mass is 19.4. The number of carboxylic acids is 1. The van der Waals surface area contributed by atoms with E-state index in [2.05, 4.69) is 0 Å². The average molecular weight is 229 g/mol. The van der Waals surface area contributed by atoms with Crippen LogP contribution in [0.3, 0.4) is 0 Å². The van der Waals surface area contributed by atoms with Gasteiger partial charge in [0.15, 0.2) is 0 Å². The normalized spacial score (nSPS) is 13.3. The van der Waals surface area contributed by atoms with Gasteiger partial charge in [-0.15, -0.1) is 0 Å². The van der Waals surface area contributed by atoms with E-state index in [4.69, 9.17) is 10.2 Å². The van der Waals surface area contributed by atoms with E-state index in [0.717, 1.165) is 0 Å². The Labute approximate surface area is 82.9 Å². The predicted molar refractivity (Wildman–Crippen MR) is 41.9 cm³/mol. The van der Waals surface area contributed by atoms with Crippen molar-refractivity contribution in [3.63, 3.8) is 0 Å². The molecule has 0 saturated heterocycles. The van der Waals surface area contributed by atoms with Crippen LogP contribution in [0.5, 0.6) is 0 Å². The standard InChI is InChI=1S/C7H10F3NO4/c8-7(9,10)3-5(13)11-4(1-2-12)6(14)15/h4,12H,1-3H2,(H,11,13)(H,14,15)/t4-/m0/s1. The number of carbonyl (C=O) groups excluding carboxylic acids is 1. The molecule has 0 saturated carbocycles. The summed E-state index contributed by atoms with van der Waals surface area (Å²) in [7, 11) is 0. The number of aliphatic carboxylic acids is 1. The van der Waals surface area contributed by atoms with Gasteiger partial charge in [0.25, 0.3) is 0 Å². The van der Waals surface area contributed by atoms with E-state index >= 15 is 0 Å². The summed E-state index contributed by atoms with van der Waals surface area (Å²) in [5.74, 6) is -2.91. The number of amides is 1. The van der Waals surface area contributed by atoms with Crippen LogP contribution in [0.25, 0.3) is 0 Å². The molecule has 0 aromatic heterocycles. The van der Waals surface area contributed by atoms with Gasteiger partial charge in [-0.1, -0.05) is 0 Å². The van der Waals surface area contributed by atoms with Gasteiger partial charge in [0, 0.05) is 13.0 Å². The molecule has 0 aliphatic carbocycles. The minimum atomic E-state index is -4.67. The van der Waals surface area contributed by atoms with Gasteiger partial charge in [0.1, 0.15) is 12.5 Å². The molecule has 0 aliphatic heterocycles. The molecular weight excluding hydrogens is 219 g/mol. The minimum Gasteiger partial charge on any atom is -0.480 e. The van der Waals surface area contributed by atoms with Crippen LogP contribution in [0.1, 0.15) is 12.8 Å². The van der Waals surface area contributed by atoms with E-state index in [1.165, 1.54) is 0 Å². The lowest BCUT2D eigenvalue weighted by Gasteiger charge is -2.13. The first-order chi connectivity index (χ1) is 6.76. The van der Waals surface area contributed by atoms with E-state index in [1.54, 1.807) is 5.32 Å². The van der Waals surface area contributed by atoms with Crippen LogP contribution in [0.15, 0.2) is 0 Å². The maximum Gasteiger partial charge on any atom is 0.397 e. The zero-order chi connectivity index (χ0) is 12.1. The second-order valence-electron chi connectivity index (χ2n) is 2.76. The smallest absolute Gasteiger partial charge is 0.397 e. The lowest BCUT2D eigenvalue weighted by atomic mass is 10.2. The maximum atomic E-state index is 11.7. The van der Waals surface area contributed by atoms with Crippen molar-refractivity contribution in [2.24, 2.45) is 0 Å². The SMILES string of the molecule is O=C(CC(F)(F)F)N[C@@H](CCO)C(=O)O. The number of carboxylic acid groups (broad SMARTS) is 1. The Kier molecular flexibility index (Phi) is 5.06. The fraction of sp³-hybridized carbons (Fsp3) is 0.714. The highest BCUT2D eigenvalue weighted by molar-refractivity contribution is 5.83. The molecule has 0 spiro atoms. The van der Waals surface area contributed by atoms with Crippen molar-refractivity contribution in [3.05, 3.63) is 0 Å². The van der Waals surface area contributed by atoms with Gasteiger partial charge in [-0.2, -0.15) is 13.2 Å². The van der Waals surface area contributed by atoms with Gasteiger partial charge in [-0.3, -0.25) is 4.79 Å². The first kappa shape index (κ1) is 13.7.